The van der Waals surface area contributed by atoms with E-state index < -0.39 is 8.07 Å². The van der Waals surface area contributed by atoms with Gasteiger partial charge in [-0.3, -0.25) is 4.99 Å². The molecule has 1 aliphatic heterocycles. The predicted octanol–water partition coefficient (Wildman–Crippen LogP) is 6.17. The third-order valence-electron chi connectivity index (χ3n) is 4.73. The highest BCUT2D eigenvalue weighted by molar-refractivity contribution is 6.89. The van der Waals surface area contributed by atoms with Crippen molar-refractivity contribution in [2.24, 2.45) is 4.99 Å². The van der Waals surface area contributed by atoms with E-state index in [1.54, 1.807) is 5.20 Å². The van der Waals surface area contributed by atoms with Gasteiger partial charge in [-0.05, 0) is 31.4 Å². The van der Waals surface area contributed by atoms with Crippen LogP contribution in [0.15, 0.2) is 16.3 Å². The molecule has 0 atom stereocenters. The van der Waals surface area contributed by atoms with E-state index in [1.807, 2.05) is 0 Å². The molecule has 0 N–H and O–H groups in total. The van der Waals surface area contributed by atoms with Crippen molar-refractivity contribution in [2.75, 3.05) is 6.54 Å². The van der Waals surface area contributed by atoms with Crippen molar-refractivity contribution < 1.29 is 0 Å². The van der Waals surface area contributed by atoms with Crippen LogP contribution in [0.25, 0.3) is 0 Å². The van der Waals surface area contributed by atoms with Gasteiger partial charge >= 0.3 is 0 Å². The maximum atomic E-state index is 5.03. The van der Waals surface area contributed by atoms with Crippen LogP contribution in [0, 0.1) is 0 Å². The van der Waals surface area contributed by atoms with Gasteiger partial charge in [0, 0.05) is 12.3 Å². The molecule has 0 saturated carbocycles. The first-order valence-electron chi connectivity index (χ1n) is 8.88. The van der Waals surface area contributed by atoms with E-state index in [-0.39, 0.29) is 0 Å². The lowest BCUT2D eigenvalue weighted by Crippen LogP contribution is -2.37. The van der Waals surface area contributed by atoms with Crippen LogP contribution >= 0.6 is 0 Å². The van der Waals surface area contributed by atoms with Crippen molar-refractivity contribution in [3.05, 3.63) is 11.3 Å². The monoisotopic (exact) mass is 293 g/mol. The lowest BCUT2D eigenvalue weighted by atomic mass is 10.1. The minimum absolute atomic E-state index is 1.06. The molecule has 0 saturated heterocycles. The van der Waals surface area contributed by atoms with E-state index in [0.29, 0.717) is 0 Å². The first-order chi connectivity index (χ1) is 9.68. The Morgan fingerprint density at radius 3 is 2.25 bits per heavy atom. The highest BCUT2D eigenvalue weighted by Crippen LogP contribution is 2.30. The van der Waals surface area contributed by atoms with Crippen LogP contribution < -0.4 is 0 Å². The summed E-state index contributed by atoms with van der Waals surface area (Å²) in [6, 6.07) is 2.86. The fraction of sp³-hybridized carbons (Fsp3) is 0.833. The standard InChI is InChI=1S/C18H35NSi/c1-5-15-20(4,16-6-2)18(7-3)17-13-11-9-8-10-12-14-19-17/h7H,5-6,8-16H2,1-4H3/b18-7+,19-17?. The van der Waals surface area contributed by atoms with Crippen molar-refractivity contribution in [3.63, 3.8) is 0 Å². The molecule has 0 unspecified atom stereocenters. The maximum Gasteiger partial charge on any atom is 0.0855 e. The van der Waals surface area contributed by atoms with E-state index >= 15 is 0 Å². The largest absolute Gasteiger partial charge is 0.290 e. The molecule has 0 aromatic heterocycles. The number of allylic oxidation sites excluding steroid dienone is 2. The highest BCUT2D eigenvalue weighted by Gasteiger charge is 2.31. The SMILES string of the molecule is C/C=C(\C1=NCCCCCCC1)[Si](C)(CCC)CCC. The Labute approximate surface area is 128 Å². The Balaban J connectivity index is 2.95. The number of hydrogen-bond acceptors (Lipinski definition) is 1. The number of nitrogens with zero attached hydrogens (tertiary/aromatic N) is 1. The van der Waals surface area contributed by atoms with Crippen LogP contribution in [0.1, 0.15) is 72.1 Å². The summed E-state index contributed by atoms with van der Waals surface area (Å²) in [7, 11) is -1.29. The van der Waals surface area contributed by atoms with E-state index in [2.05, 4.69) is 33.4 Å². The van der Waals surface area contributed by atoms with Gasteiger partial charge in [-0.25, -0.2) is 0 Å². The zero-order valence-electron chi connectivity index (χ0n) is 14.3. The number of hydrogen-bond donors (Lipinski definition) is 0. The van der Waals surface area contributed by atoms with Crippen LogP contribution in [0.3, 0.4) is 0 Å². The predicted molar refractivity (Wildman–Crippen MR) is 95.6 cm³/mol. The van der Waals surface area contributed by atoms with Crippen LogP contribution in [0.2, 0.25) is 18.6 Å². The van der Waals surface area contributed by atoms with Crippen molar-refractivity contribution in [3.8, 4) is 0 Å². The second-order valence-corrected chi connectivity index (χ2v) is 11.3. The van der Waals surface area contributed by atoms with Gasteiger partial charge < -0.3 is 0 Å². The molecule has 1 nitrogen and oxygen atoms in total. The lowest BCUT2D eigenvalue weighted by molar-refractivity contribution is 0.639. The third-order valence-corrected chi connectivity index (χ3v) is 9.81. The highest BCUT2D eigenvalue weighted by atomic mass is 28.3. The Kier molecular flexibility index (Phi) is 8.43. The summed E-state index contributed by atoms with van der Waals surface area (Å²) in [4.78, 5) is 5.03. The van der Waals surface area contributed by atoms with E-state index in [0.717, 1.165) is 6.54 Å². The smallest absolute Gasteiger partial charge is 0.0855 e. The van der Waals surface area contributed by atoms with Gasteiger partial charge in [-0.1, -0.05) is 70.7 Å². The summed E-state index contributed by atoms with van der Waals surface area (Å²) in [6.45, 7) is 10.6. The van der Waals surface area contributed by atoms with Gasteiger partial charge in [-0.15, -0.1) is 0 Å². The van der Waals surface area contributed by atoms with Crippen molar-refractivity contribution in [1.82, 2.24) is 0 Å². The van der Waals surface area contributed by atoms with Gasteiger partial charge in [0.2, 0.25) is 0 Å². The molecule has 0 spiro atoms. The van der Waals surface area contributed by atoms with E-state index in [4.69, 9.17) is 4.99 Å². The molecule has 0 bridgehead atoms. The Morgan fingerprint density at radius 1 is 1.05 bits per heavy atom. The zero-order valence-corrected chi connectivity index (χ0v) is 15.3. The Hall–Kier alpha value is -0.373. The summed E-state index contributed by atoms with van der Waals surface area (Å²) >= 11 is 0. The molecule has 0 radical (unpaired) electrons. The molecule has 1 aliphatic rings. The molecule has 1 rings (SSSR count). The minimum Gasteiger partial charge on any atom is -0.290 e. The second kappa shape index (κ2) is 9.54. The molecule has 0 aromatic rings. The van der Waals surface area contributed by atoms with E-state index in [9.17, 15) is 0 Å². The number of aliphatic imine (C=N–C) groups is 1. The van der Waals surface area contributed by atoms with Crippen LogP contribution in [0.4, 0.5) is 0 Å². The summed E-state index contributed by atoms with van der Waals surface area (Å²) in [6.07, 6.45) is 13.1. The van der Waals surface area contributed by atoms with Crippen LogP contribution in [-0.2, 0) is 0 Å². The molecule has 0 aliphatic carbocycles. The molecule has 20 heavy (non-hydrogen) atoms. The third kappa shape index (κ3) is 5.20. The zero-order chi connectivity index (χ0) is 14.8. The van der Waals surface area contributed by atoms with Gasteiger partial charge in [0.05, 0.1) is 8.07 Å². The fourth-order valence-corrected chi connectivity index (χ4v) is 8.40. The van der Waals surface area contributed by atoms with Gasteiger partial charge in [-0.2, -0.15) is 0 Å². The molecule has 2 heteroatoms. The summed E-state index contributed by atoms with van der Waals surface area (Å²) in [5.74, 6) is 0. The van der Waals surface area contributed by atoms with Crippen molar-refractivity contribution >= 4 is 13.8 Å². The van der Waals surface area contributed by atoms with Crippen molar-refractivity contribution in [2.45, 2.75) is 90.8 Å². The molecular weight excluding hydrogens is 258 g/mol. The normalized spacial score (nSPS) is 19.0. The maximum absolute atomic E-state index is 5.03. The van der Waals surface area contributed by atoms with Crippen LogP contribution in [0.5, 0.6) is 0 Å². The molecule has 116 valence electrons. The molecule has 0 amide bonds. The topological polar surface area (TPSA) is 12.4 Å². The Morgan fingerprint density at radius 2 is 1.65 bits per heavy atom. The van der Waals surface area contributed by atoms with Crippen LogP contribution in [-0.4, -0.2) is 20.3 Å². The molecular formula is C18H35NSi. The first kappa shape index (κ1) is 17.7. The fourth-order valence-electron chi connectivity index (χ4n) is 3.81. The number of rotatable bonds is 6. The van der Waals surface area contributed by atoms with E-state index in [1.165, 1.54) is 69.2 Å². The van der Waals surface area contributed by atoms with Gasteiger partial charge in [0.15, 0.2) is 0 Å². The lowest BCUT2D eigenvalue weighted by Gasteiger charge is -2.31. The first-order valence-corrected chi connectivity index (χ1v) is 11.8. The average molecular weight is 294 g/mol. The minimum atomic E-state index is -1.29. The average Bonchev–Trinajstić information content (AvgIpc) is 2.54. The Bertz CT molecular complexity index is 324. The quantitative estimate of drug-likeness (QED) is 0.520. The summed E-state index contributed by atoms with van der Waals surface area (Å²) < 4.78 is 0. The summed E-state index contributed by atoms with van der Waals surface area (Å²) in [5, 5.41) is 1.70. The van der Waals surface area contributed by atoms with Gasteiger partial charge in [0.25, 0.3) is 0 Å². The van der Waals surface area contributed by atoms with Gasteiger partial charge in [0.1, 0.15) is 0 Å². The molecule has 1 heterocycles. The second-order valence-electron chi connectivity index (χ2n) is 6.61. The molecule has 0 aromatic carbocycles. The summed E-state index contributed by atoms with van der Waals surface area (Å²) in [5.41, 5.74) is 1.49. The van der Waals surface area contributed by atoms with Crippen molar-refractivity contribution in [1.29, 1.82) is 0 Å². The molecule has 0 fully saturated rings.